The molecule has 6 heteroatoms. The molecule has 0 saturated carbocycles. The van der Waals surface area contributed by atoms with Crippen molar-refractivity contribution in [2.75, 3.05) is 4.90 Å². The lowest BCUT2D eigenvalue weighted by atomic mass is 9.82. The molecule has 31 heavy (non-hydrogen) atoms. The zero-order valence-electron chi connectivity index (χ0n) is 17.5. The van der Waals surface area contributed by atoms with Crippen molar-refractivity contribution in [1.82, 2.24) is 5.32 Å². The van der Waals surface area contributed by atoms with Gasteiger partial charge < -0.3 is 4.74 Å². The van der Waals surface area contributed by atoms with Gasteiger partial charge in [0.05, 0.1) is 5.69 Å². The second-order valence-electron chi connectivity index (χ2n) is 8.08. The Hall–Kier alpha value is -3.25. The zero-order valence-corrected chi connectivity index (χ0v) is 18.3. The molecular formula is C25H24N2O3S. The summed E-state index contributed by atoms with van der Waals surface area (Å²) in [5.74, 6) is 1.11. The number of para-hydroxylation sites is 1. The van der Waals surface area contributed by atoms with Gasteiger partial charge in [-0.25, -0.2) is 0 Å². The van der Waals surface area contributed by atoms with E-state index in [1.807, 2.05) is 36.4 Å². The molecule has 1 N–H and O–H groups in total. The number of ether oxygens (including phenoxy) is 1. The number of hydrogen-bond donors (Lipinski definition) is 1. The van der Waals surface area contributed by atoms with Crippen LogP contribution in [0.2, 0.25) is 0 Å². The van der Waals surface area contributed by atoms with Crippen molar-refractivity contribution in [3.05, 3.63) is 77.9 Å². The molecule has 0 spiro atoms. The Bertz CT molecular complexity index is 1070. The van der Waals surface area contributed by atoms with Crippen LogP contribution in [0.3, 0.4) is 0 Å². The third-order valence-corrected chi connectivity index (χ3v) is 5.69. The highest BCUT2D eigenvalue weighted by Gasteiger charge is 2.35. The summed E-state index contributed by atoms with van der Waals surface area (Å²) in [7, 11) is 0. The SMILES string of the molecule is CC1=CC(C)CC(/C=C2\C(=O)NC(=S)N(c3ccc(Oc4ccccc4)cc3)C2=O)C1. The summed E-state index contributed by atoms with van der Waals surface area (Å²) in [6.07, 6.45) is 5.83. The number of carbonyl (C=O) groups excluding carboxylic acids is 2. The summed E-state index contributed by atoms with van der Waals surface area (Å²) in [4.78, 5) is 27.1. The molecular weight excluding hydrogens is 408 g/mol. The molecule has 5 nitrogen and oxygen atoms in total. The maximum absolute atomic E-state index is 13.2. The van der Waals surface area contributed by atoms with E-state index in [1.54, 1.807) is 24.3 Å². The number of rotatable bonds is 4. The number of amides is 2. The van der Waals surface area contributed by atoms with Gasteiger partial charge in [0.25, 0.3) is 11.8 Å². The van der Waals surface area contributed by atoms with Crippen LogP contribution >= 0.6 is 12.2 Å². The fourth-order valence-electron chi connectivity index (χ4n) is 4.16. The minimum absolute atomic E-state index is 0.0805. The molecule has 0 radical (unpaired) electrons. The van der Waals surface area contributed by atoms with Crippen molar-refractivity contribution >= 4 is 34.8 Å². The second kappa shape index (κ2) is 8.86. The van der Waals surface area contributed by atoms with Gasteiger partial charge in [0.1, 0.15) is 17.1 Å². The second-order valence-corrected chi connectivity index (χ2v) is 8.47. The number of benzene rings is 2. The Labute approximate surface area is 187 Å². The molecule has 0 aromatic heterocycles. The van der Waals surface area contributed by atoms with Gasteiger partial charge in [-0.15, -0.1) is 0 Å². The third kappa shape index (κ3) is 4.75. The Morgan fingerprint density at radius 3 is 2.42 bits per heavy atom. The summed E-state index contributed by atoms with van der Waals surface area (Å²) in [5, 5.41) is 2.74. The average molecular weight is 433 g/mol. The quantitative estimate of drug-likeness (QED) is 0.314. The van der Waals surface area contributed by atoms with Gasteiger partial charge in [0.2, 0.25) is 0 Å². The molecule has 1 fully saturated rings. The molecule has 1 saturated heterocycles. The first kappa shape index (κ1) is 21.0. The summed E-state index contributed by atoms with van der Waals surface area (Å²) in [6.45, 7) is 4.24. The van der Waals surface area contributed by atoms with Crippen LogP contribution < -0.4 is 15.0 Å². The van der Waals surface area contributed by atoms with Crippen LogP contribution in [0.15, 0.2) is 77.9 Å². The van der Waals surface area contributed by atoms with Crippen LogP contribution in [0.4, 0.5) is 5.69 Å². The molecule has 2 aromatic carbocycles. The maximum Gasteiger partial charge on any atom is 0.269 e. The minimum Gasteiger partial charge on any atom is -0.457 e. The van der Waals surface area contributed by atoms with Crippen LogP contribution in [-0.4, -0.2) is 16.9 Å². The standard InChI is InChI=1S/C25H24N2O3S/c1-16-12-17(2)14-18(13-16)15-22-23(28)26-25(31)27(24(22)29)19-8-10-21(11-9-19)30-20-6-4-3-5-7-20/h3-12,15-16,18H,13-14H2,1-2H3,(H,26,28,31)/b22-15+. The van der Waals surface area contributed by atoms with E-state index in [-0.39, 0.29) is 16.6 Å². The number of nitrogens with one attached hydrogen (secondary N) is 1. The lowest BCUT2D eigenvalue weighted by Crippen LogP contribution is -2.54. The molecule has 2 atom stereocenters. The highest BCUT2D eigenvalue weighted by Crippen LogP contribution is 2.31. The Morgan fingerprint density at radius 2 is 1.74 bits per heavy atom. The van der Waals surface area contributed by atoms with Crippen LogP contribution in [0.5, 0.6) is 11.5 Å². The number of hydrogen-bond acceptors (Lipinski definition) is 4. The predicted molar refractivity (Wildman–Crippen MR) is 125 cm³/mol. The van der Waals surface area contributed by atoms with Crippen LogP contribution in [0.1, 0.15) is 26.7 Å². The molecule has 1 aliphatic carbocycles. The first-order chi connectivity index (χ1) is 14.9. The summed E-state index contributed by atoms with van der Waals surface area (Å²) < 4.78 is 5.81. The molecule has 1 heterocycles. The molecule has 2 unspecified atom stereocenters. The van der Waals surface area contributed by atoms with Crippen molar-refractivity contribution in [3.8, 4) is 11.5 Å². The third-order valence-electron chi connectivity index (χ3n) is 5.41. The summed E-state index contributed by atoms with van der Waals surface area (Å²) in [5.41, 5.74) is 2.00. The van der Waals surface area contributed by atoms with Crippen LogP contribution in [-0.2, 0) is 9.59 Å². The van der Waals surface area contributed by atoms with E-state index in [4.69, 9.17) is 17.0 Å². The highest BCUT2D eigenvalue weighted by atomic mass is 32.1. The number of allylic oxidation sites excluding steroid dienone is 3. The molecule has 4 rings (SSSR count). The Balaban J connectivity index is 1.55. The van der Waals surface area contributed by atoms with Gasteiger partial charge in [-0.1, -0.05) is 42.8 Å². The number of anilines is 1. The van der Waals surface area contributed by atoms with Gasteiger partial charge in [-0.3, -0.25) is 19.8 Å². The molecule has 158 valence electrons. The Kier molecular flexibility index (Phi) is 6.00. The van der Waals surface area contributed by atoms with Crippen LogP contribution in [0.25, 0.3) is 0 Å². The molecule has 2 amide bonds. The minimum atomic E-state index is -0.435. The molecule has 2 aromatic rings. The summed E-state index contributed by atoms with van der Waals surface area (Å²) >= 11 is 5.30. The van der Waals surface area contributed by atoms with Gasteiger partial charge >= 0.3 is 0 Å². The number of thiocarbonyl (C=S) groups is 1. The topological polar surface area (TPSA) is 58.6 Å². The van der Waals surface area contributed by atoms with Gasteiger partial charge in [0, 0.05) is 0 Å². The van der Waals surface area contributed by atoms with Gasteiger partial charge in [-0.05, 0) is 80.2 Å². The normalized spacial score (nSPS) is 22.9. The lowest BCUT2D eigenvalue weighted by Gasteiger charge is -2.30. The first-order valence-corrected chi connectivity index (χ1v) is 10.7. The van der Waals surface area contributed by atoms with E-state index >= 15 is 0 Å². The fourth-order valence-corrected chi connectivity index (χ4v) is 4.44. The van der Waals surface area contributed by atoms with Gasteiger partial charge in [-0.2, -0.15) is 0 Å². The van der Waals surface area contributed by atoms with Crippen molar-refractivity contribution in [2.24, 2.45) is 11.8 Å². The van der Waals surface area contributed by atoms with E-state index in [2.05, 4.69) is 25.2 Å². The van der Waals surface area contributed by atoms with E-state index in [0.29, 0.717) is 17.4 Å². The van der Waals surface area contributed by atoms with E-state index < -0.39 is 11.8 Å². The fraction of sp³-hybridized carbons (Fsp3) is 0.240. The van der Waals surface area contributed by atoms with Crippen molar-refractivity contribution in [1.29, 1.82) is 0 Å². The van der Waals surface area contributed by atoms with Crippen molar-refractivity contribution in [3.63, 3.8) is 0 Å². The largest absolute Gasteiger partial charge is 0.457 e. The van der Waals surface area contributed by atoms with E-state index in [0.717, 1.165) is 18.6 Å². The monoisotopic (exact) mass is 432 g/mol. The van der Waals surface area contributed by atoms with Crippen molar-refractivity contribution in [2.45, 2.75) is 26.7 Å². The Morgan fingerprint density at radius 1 is 1.06 bits per heavy atom. The lowest BCUT2D eigenvalue weighted by molar-refractivity contribution is -0.122. The smallest absolute Gasteiger partial charge is 0.269 e. The van der Waals surface area contributed by atoms with E-state index in [1.165, 1.54) is 10.5 Å². The zero-order chi connectivity index (χ0) is 22.0. The molecule has 0 bridgehead atoms. The summed E-state index contributed by atoms with van der Waals surface area (Å²) in [6, 6.07) is 16.5. The van der Waals surface area contributed by atoms with Crippen molar-refractivity contribution < 1.29 is 14.3 Å². The first-order valence-electron chi connectivity index (χ1n) is 10.3. The highest BCUT2D eigenvalue weighted by molar-refractivity contribution is 7.80. The average Bonchev–Trinajstić information content (AvgIpc) is 2.72. The van der Waals surface area contributed by atoms with Gasteiger partial charge in [0.15, 0.2) is 5.11 Å². The van der Waals surface area contributed by atoms with E-state index in [9.17, 15) is 9.59 Å². The predicted octanol–water partition coefficient (Wildman–Crippen LogP) is 5.15. The molecule has 1 aliphatic heterocycles. The van der Waals surface area contributed by atoms with Crippen LogP contribution in [0, 0.1) is 11.8 Å². The molecule has 2 aliphatic rings. The number of nitrogens with zero attached hydrogens (tertiary/aromatic N) is 1. The number of carbonyl (C=O) groups is 2. The maximum atomic E-state index is 13.2.